The van der Waals surface area contributed by atoms with E-state index in [0.717, 1.165) is 60.9 Å². The number of fused-ring (bicyclic) bond motifs is 2. The van der Waals surface area contributed by atoms with Crippen LogP contribution < -0.4 is 5.66 Å². The van der Waals surface area contributed by atoms with E-state index in [9.17, 15) is 0 Å². The van der Waals surface area contributed by atoms with Gasteiger partial charge in [0.25, 0.3) is 0 Å². The van der Waals surface area contributed by atoms with Gasteiger partial charge in [-0.25, -0.2) is 4.98 Å². The highest BCUT2D eigenvalue weighted by Gasteiger charge is 2.18. The quantitative estimate of drug-likeness (QED) is 0.176. The average Bonchev–Trinajstić information content (AvgIpc) is 3.66. The molecule has 0 fully saturated rings. The molecule has 4 aromatic heterocycles. The lowest BCUT2D eigenvalue weighted by atomic mass is 9.87. The number of hydrogen-bond acceptors (Lipinski definition) is 10. The van der Waals surface area contributed by atoms with E-state index < -0.39 is 7.12 Å². The van der Waals surface area contributed by atoms with Crippen LogP contribution in [0.2, 0.25) is 4.47 Å². The van der Waals surface area contributed by atoms with Gasteiger partial charge in [0.15, 0.2) is 10.8 Å². The van der Waals surface area contributed by atoms with E-state index in [2.05, 4.69) is 69.6 Å². The third-order valence-corrected chi connectivity index (χ3v) is 8.16. The summed E-state index contributed by atoms with van der Waals surface area (Å²) in [5, 5.41) is 20.8. The molecular formula is C25H24BBr2ClN4O4S2. The van der Waals surface area contributed by atoms with Crippen LogP contribution in [0.25, 0.3) is 32.7 Å². The van der Waals surface area contributed by atoms with Gasteiger partial charge in [-0.3, -0.25) is 0 Å². The molecule has 0 saturated heterocycles. The molecule has 2 N–H and O–H groups in total. The van der Waals surface area contributed by atoms with Crippen LogP contribution in [0, 0.1) is 27.7 Å². The Hall–Kier alpha value is -2.13. The predicted octanol–water partition coefficient (Wildman–Crippen LogP) is 7.65. The van der Waals surface area contributed by atoms with Crippen molar-refractivity contribution in [2.45, 2.75) is 35.1 Å². The van der Waals surface area contributed by atoms with Gasteiger partial charge in [-0.1, -0.05) is 31.7 Å². The summed E-state index contributed by atoms with van der Waals surface area (Å²) in [6.07, 6.45) is 0. The van der Waals surface area contributed by atoms with Crippen molar-refractivity contribution in [3.05, 3.63) is 72.6 Å². The summed E-state index contributed by atoms with van der Waals surface area (Å²) in [4.78, 5) is 7.97. The summed E-state index contributed by atoms with van der Waals surface area (Å²) < 4.78 is 20.7. The number of nitrogens with zero attached hydrogens (tertiary/aromatic N) is 4. The minimum Gasteiger partial charge on any atom is -0.464 e. The minimum absolute atomic E-state index is 0. The maximum Gasteiger partial charge on any atom is 0.526 e. The van der Waals surface area contributed by atoms with Crippen LogP contribution in [-0.2, 0) is 0 Å². The van der Waals surface area contributed by atoms with Crippen molar-refractivity contribution in [2.75, 3.05) is 0 Å². The van der Waals surface area contributed by atoms with Gasteiger partial charge in [-0.2, -0.15) is 13.7 Å². The first kappa shape index (κ1) is 31.4. The molecule has 0 aliphatic rings. The Morgan fingerprint density at radius 3 is 1.69 bits per heavy atom. The fourth-order valence-electron chi connectivity index (χ4n) is 3.53. The third kappa shape index (κ3) is 7.54. The second kappa shape index (κ2) is 13.5. The molecule has 39 heavy (non-hydrogen) atoms. The van der Waals surface area contributed by atoms with Crippen molar-refractivity contribution in [2.24, 2.45) is 0 Å². The largest absolute Gasteiger partial charge is 0.526 e. The van der Waals surface area contributed by atoms with Gasteiger partial charge in [0.05, 0.1) is 0 Å². The summed E-state index contributed by atoms with van der Waals surface area (Å²) in [6, 6.07) is 11.8. The zero-order chi connectivity index (χ0) is 27.6. The molecule has 0 atom stereocenters. The highest BCUT2D eigenvalue weighted by Crippen LogP contribution is 2.33. The molecule has 0 bridgehead atoms. The fourth-order valence-corrected chi connectivity index (χ4v) is 5.68. The normalized spacial score (nSPS) is 10.5. The zero-order valence-electron chi connectivity index (χ0n) is 20.5. The van der Waals surface area contributed by atoms with Crippen molar-refractivity contribution in [1.82, 2.24) is 18.7 Å². The summed E-state index contributed by atoms with van der Waals surface area (Å²) in [7, 11) is -1.54. The van der Waals surface area contributed by atoms with Crippen molar-refractivity contribution in [3.8, 4) is 10.8 Å². The molecule has 2 aromatic carbocycles. The maximum absolute atomic E-state index is 8.97. The Morgan fingerprint density at radius 1 is 0.769 bits per heavy atom. The van der Waals surface area contributed by atoms with Crippen LogP contribution in [0.1, 0.15) is 29.7 Å². The van der Waals surface area contributed by atoms with Crippen LogP contribution in [0.5, 0.6) is 0 Å². The van der Waals surface area contributed by atoms with Crippen molar-refractivity contribution in [1.29, 1.82) is 0 Å². The van der Waals surface area contributed by atoms with Crippen LogP contribution in [-0.4, -0.2) is 35.9 Å². The molecule has 8 nitrogen and oxygen atoms in total. The number of benzene rings is 2. The lowest BCUT2D eigenvalue weighted by Gasteiger charge is -1.96. The SMILES string of the molecule is C.Cc1ccc(C)c2oc(-c3nc(Br)ns3)cc12.Cc1ccc(C)c2oc(B(O)O)cc12.Clc1nc(Br)ns1. The van der Waals surface area contributed by atoms with Crippen LogP contribution in [0.4, 0.5) is 0 Å². The first-order valence-electron chi connectivity index (χ1n) is 11.0. The van der Waals surface area contributed by atoms with E-state index in [1.807, 2.05) is 39.0 Å². The van der Waals surface area contributed by atoms with Crippen LogP contribution in [0.15, 0.2) is 54.7 Å². The summed E-state index contributed by atoms with van der Waals surface area (Å²) in [6.45, 7) is 8.02. The van der Waals surface area contributed by atoms with Crippen LogP contribution in [0.3, 0.4) is 0 Å². The topological polar surface area (TPSA) is 118 Å². The van der Waals surface area contributed by atoms with Gasteiger partial charge in [-0.05, 0) is 129 Å². The lowest BCUT2D eigenvalue weighted by Crippen LogP contribution is -2.27. The number of halogens is 3. The second-order valence-electron chi connectivity index (χ2n) is 8.20. The van der Waals surface area contributed by atoms with Gasteiger partial charge >= 0.3 is 7.12 Å². The molecular weight excluding hydrogens is 691 g/mol. The molecule has 6 aromatic rings. The molecule has 4 heterocycles. The first-order chi connectivity index (χ1) is 18.0. The van der Waals surface area contributed by atoms with Gasteiger partial charge in [-0.15, -0.1) is 0 Å². The predicted molar refractivity (Wildman–Crippen MR) is 167 cm³/mol. The second-order valence-corrected chi connectivity index (χ2v) is 11.7. The Balaban J connectivity index is 0.000000172. The molecule has 0 radical (unpaired) electrons. The Kier molecular flexibility index (Phi) is 10.9. The summed E-state index contributed by atoms with van der Waals surface area (Å²) >= 11 is 14.1. The van der Waals surface area contributed by atoms with E-state index >= 15 is 0 Å². The molecule has 14 heteroatoms. The van der Waals surface area contributed by atoms with E-state index in [4.69, 9.17) is 30.5 Å². The Morgan fingerprint density at radius 2 is 1.28 bits per heavy atom. The molecule has 0 amide bonds. The van der Waals surface area contributed by atoms with E-state index in [-0.39, 0.29) is 13.1 Å². The minimum atomic E-state index is -1.54. The standard InChI is InChI=1S/C12H9BrN2OS.C10H11BO3.C2BrClN2S.CH4/c1-6-3-4-7(2)10-8(6)5-9(16-10)11-14-12(13)15-17-11;1-6-3-4-7(2)10-8(6)5-9(14-10)11(12)13;3-1-5-2(4)7-6-1;/h3-5H,1-2H3;3-5,12-13H,1-2H3;;1H4. The smallest absolute Gasteiger partial charge is 0.464 e. The van der Waals surface area contributed by atoms with E-state index in [1.54, 1.807) is 6.07 Å². The number of aryl methyl sites for hydroxylation is 4. The molecule has 0 aliphatic heterocycles. The molecule has 0 spiro atoms. The zero-order valence-corrected chi connectivity index (χ0v) is 26.1. The monoisotopic (exact) mass is 712 g/mol. The number of hydrogen-bond donors (Lipinski definition) is 2. The molecule has 204 valence electrons. The van der Waals surface area contributed by atoms with Crippen molar-refractivity contribution >= 4 is 101 Å². The summed E-state index contributed by atoms with van der Waals surface area (Å²) in [5.74, 6) is 0.778. The van der Waals surface area contributed by atoms with Crippen molar-refractivity contribution in [3.63, 3.8) is 0 Å². The van der Waals surface area contributed by atoms with E-state index in [0.29, 0.717) is 13.9 Å². The van der Waals surface area contributed by atoms with Gasteiger partial charge in [0.2, 0.25) is 13.9 Å². The molecule has 0 aliphatic carbocycles. The Bertz CT molecular complexity index is 1620. The van der Waals surface area contributed by atoms with Crippen molar-refractivity contribution < 1.29 is 18.9 Å². The number of furan rings is 2. The highest BCUT2D eigenvalue weighted by molar-refractivity contribution is 9.10. The maximum atomic E-state index is 8.97. The van der Waals surface area contributed by atoms with E-state index in [1.165, 1.54) is 17.1 Å². The van der Waals surface area contributed by atoms with Crippen LogP contribution >= 0.6 is 66.5 Å². The average molecular weight is 715 g/mol. The molecule has 0 saturated carbocycles. The highest BCUT2D eigenvalue weighted by atomic mass is 79.9. The molecule has 0 unspecified atom stereocenters. The Labute approximate surface area is 255 Å². The number of rotatable bonds is 2. The first-order valence-corrected chi connectivity index (χ1v) is 14.5. The number of aromatic nitrogens is 4. The fraction of sp³-hybridized carbons (Fsp3) is 0.200. The van der Waals surface area contributed by atoms with Gasteiger partial charge in [0, 0.05) is 10.8 Å². The van der Waals surface area contributed by atoms with Gasteiger partial charge < -0.3 is 18.9 Å². The lowest BCUT2D eigenvalue weighted by molar-refractivity contribution is 0.412. The summed E-state index contributed by atoms with van der Waals surface area (Å²) in [5.41, 5.74) is 6.28. The van der Waals surface area contributed by atoms with Gasteiger partial charge in [0.1, 0.15) is 16.8 Å². The third-order valence-electron chi connectivity index (χ3n) is 5.46. The molecule has 6 rings (SSSR count).